The number of benzene rings is 2. The minimum atomic E-state index is 0. The standard InChI is InChI=1S/C14H12.2C5H5.C3H9P.Zr/c1-3-7-13(8-4-1)11-12-14-9-5-2-6-10-14;2*1-2-4-5-3-1;1-4(2)3;/h1-12H;2*1-5H;1-3H3;/q-2;;;;+2. The van der Waals surface area contributed by atoms with Gasteiger partial charge in [0.15, 0.2) is 0 Å². The molecule has 0 atom stereocenters. The summed E-state index contributed by atoms with van der Waals surface area (Å²) in [6, 6.07) is 20.6. The van der Waals surface area contributed by atoms with Gasteiger partial charge >= 0.3 is 26.2 Å². The van der Waals surface area contributed by atoms with Crippen LogP contribution in [0.25, 0.3) is 0 Å². The van der Waals surface area contributed by atoms with Crippen LogP contribution in [0.15, 0.2) is 60.7 Å². The second-order valence-corrected chi connectivity index (χ2v) is 9.10. The van der Waals surface area contributed by atoms with Crippen molar-refractivity contribution in [1.82, 2.24) is 0 Å². The van der Waals surface area contributed by atoms with Gasteiger partial charge in [-0.15, -0.1) is 32.2 Å². The molecule has 0 saturated heterocycles. The fourth-order valence-corrected chi connectivity index (χ4v) is 1.96. The van der Waals surface area contributed by atoms with Crippen LogP contribution < -0.4 is 0 Å². The molecule has 0 aliphatic heterocycles. The maximum Gasteiger partial charge on any atom is 2.00 e. The third-order valence-corrected chi connectivity index (χ3v) is 3.18. The third-order valence-electron chi connectivity index (χ3n) is 3.18. The van der Waals surface area contributed by atoms with Crippen molar-refractivity contribution in [3.05, 3.63) is 149 Å². The molecule has 0 bridgehead atoms. The molecule has 2 heteroatoms. The molecule has 148 valence electrons. The van der Waals surface area contributed by atoms with Crippen molar-refractivity contribution in [3.8, 4) is 0 Å². The van der Waals surface area contributed by atoms with E-state index in [1.165, 1.54) is 11.1 Å². The molecule has 0 N–H and O–H groups in total. The van der Waals surface area contributed by atoms with Crippen molar-refractivity contribution in [3.63, 3.8) is 0 Å². The van der Waals surface area contributed by atoms with Crippen molar-refractivity contribution in [2.75, 3.05) is 20.0 Å². The van der Waals surface area contributed by atoms with Gasteiger partial charge in [-0.05, 0) is 84.2 Å². The van der Waals surface area contributed by atoms with E-state index in [9.17, 15) is 0 Å². The summed E-state index contributed by atoms with van der Waals surface area (Å²) in [4.78, 5) is 0. The predicted octanol–water partition coefficient (Wildman–Crippen LogP) is 6.89. The second kappa shape index (κ2) is 20.8. The zero-order chi connectivity index (χ0) is 20.3. The van der Waals surface area contributed by atoms with Crippen LogP contribution in [-0.2, 0) is 26.2 Å². The summed E-state index contributed by atoms with van der Waals surface area (Å²) in [6.07, 6.45) is 24.2. The van der Waals surface area contributed by atoms with Gasteiger partial charge in [-0.3, -0.25) is 0 Å². The van der Waals surface area contributed by atoms with Crippen LogP contribution in [-0.4, -0.2) is 20.0 Å². The van der Waals surface area contributed by atoms with Gasteiger partial charge in [0.1, 0.15) is 0 Å². The van der Waals surface area contributed by atoms with E-state index in [2.05, 4.69) is 57.1 Å². The van der Waals surface area contributed by atoms with Crippen molar-refractivity contribution in [1.29, 1.82) is 0 Å². The van der Waals surface area contributed by atoms with Crippen LogP contribution in [0, 0.1) is 77.0 Å². The predicted molar refractivity (Wildman–Crippen MR) is 127 cm³/mol. The van der Waals surface area contributed by atoms with E-state index in [0.29, 0.717) is 7.92 Å². The summed E-state index contributed by atoms with van der Waals surface area (Å²) < 4.78 is 0. The summed E-state index contributed by atoms with van der Waals surface area (Å²) in [5.41, 5.74) is 2.47. The van der Waals surface area contributed by atoms with Gasteiger partial charge in [0.2, 0.25) is 0 Å². The summed E-state index contributed by atoms with van der Waals surface area (Å²) in [5, 5.41) is 0. The smallest absolute Gasteiger partial charge is 0.219 e. The van der Waals surface area contributed by atoms with Crippen molar-refractivity contribution in [2.24, 2.45) is 0 Å². The third kappa shape index (κ3) is 19.2. The van der Waals surface area contributed by atoms with E-state index in [1.54, 1.807) is 0 Å². The van der Waals surface area contributed by atoms with Crippen LogP contribution in [0.2, 0.25) is 0 Å². The Morgan fingerprint density at radius 1 is 0.448 bits per heavy atom. The van der Waals surface area contributed by atoms with E-state index < -0.39 is 0 Å². The Bertz CT molecular complexity index is 478. The van der Waals surface area contributed by atoms with E-state index in [0.717, 1.165) is 0 Å². The van der Waals surface area contributed by atoms with Gasteiger partial charge in [0.05, 0.1) is 0 Å². The van der Waals surface area contributed by atoms with Gasteiger partial charge in [-0.2, -0.15) is 24.3 Å². The molecule has 2 aliphatic rings. The zero-order valence-electron chi connectivity index (χ0n) is 17.6. The maximum atomic E-state index is 2.23. The topological polar surface area (TPSA) is 0 Å². The summed E-state index contributed by atoms with van der Waals surface area (Å²) in [5.74, 6) is 0. The van der Waals surface area contributed by atoms with Gasteiger partial charge in [-0.25, -0.2) is 24.0 Å². The van der Waals surface area contributed by atoms with Gasteiger partial charge in [0.25, 0.3) is 0 Å². The quantitative estimate of drug-likeness (QED) is 0.333. The van der Waals surface area contributed by atoms with Gasteiger partial charge in [0, 0.05) is 0 Å². The largest absolute Gasteiger partial charge is 2.00 e. The first-order valence-corrected chi connectivity index (χ1v) is 12.1. The molecule has 0 amide bonds. The van der Waals surface area contributed by atoms with Crippen LogP contribution in [0.5, 0.6) is 0 Å². The molecule has 4 rings (SSSR count). The van der Waals surface area contributed by atoms with E-state index in [1.807, 2.05) is 101 Å². The Morgan fingerprint density at radius 2 is 0.655 bits per heavy atom. The molecule has 2 aliphatic carbocycles. The Kier molecular flexibility index (Phi) is 20.4. The first kappa shape index (κ1) is 28.5. The minimum Gasteiger partial charge on any atom is -0.219 e. The fraction of sp³-hybridized carbons (Fsp3) is 0.111. The SMILES string of the molecule is CP(C)C.[CH]1[CH][CH][CH][CH]1.[CH]1[CH][CH][CH][CH]1.[Zr+2].c1ccc([CH-][CH-]c2ccccc2)cc1. The molecule has 0 unspecified atom stereocenters. The molecule has 2 saturated carbocycles. The summed E-state index contributed by atoms with van der Waals surface area (Å²) in [7, 11) is 0.380. The first-order chi connectivity index (χ1) is 13.7. The van der Waals surface area contributed by atoms with Crippen LogP contribution in [0.1, 0.15) is 11.1 Å². The van der Waals surface area contributed by atoms with E-state index in [4.69, 9.17) is 0 Å². The van der Waals surface area contributed by atoms with Crippen molar-refractivity contribution < 1.29 is 26.2 Å². The minimum absolute atomic E-state index is 0. The Morgan fingerprint density at radius 3 is 0.862 bits per heavy atom. The molecule has 2 aromatic rings. The average Bonchev–Trinajstić information content (AvgIpc) is 3.46. The molecule has 29 heavy (non-hydrogen) atoms. The Balaban J connectivity index is 0.000000430. The van der Waals surface area contributed by atoms with Crippen LogP contribution in [0.3, 0.4) is 0 Å². The maximum absolute atomic E-state index is 2.23. The molecule has 2 aromatic carbocycles. The van der Waals surface area contributed by atoms with Crippen molar-refractivity contribution in [2.45, 2.75) is 0 Å². The van der Waals surface area contributed by atoms with Crippen molar-refractivity contribution >= 4 is 7.92 Å². The molecular formula is C27H31PZr. The second-order valence-electron chi connectivity index (χ2n) is 6.42. The number of rotatable bonds is 3. The molecule has 2 fully saturated rings. The van der Waals surface area contributed by atoms with E-state index >= 15 is 0 Å². The molecule has 0 spiro atoms. The molecule has 0 nitrogen and oxygen atoms in total. The Hall–Kier alpha value is -0.507. The number of hydrogen-bond donors (Lipinski definition) is 0. The fourth-order valence-electron chi connectivity index (χ4n) is 1.96. The van der Waals surface area contributed by atoms with E-state index in [-0.39, 0.29) is 26.2 Å². The molecule has 0 heterocycles. The average molecular weight is 478 g/mol. The number of hydrogen-bond acceptors (Lipinski definition) is 0. The summed E-state index contributed by atoms with van der Waals surface area (Å²) >= 11 is 0. The first-order valence-electron chi connectivity index (χ1n) is 9.41. The normalized spacial score (nSPS) is 14.1. The van der Waals surface area contributed by atoms with Crippen LogP contribution in [0.4, 0.5) is 0 Å². The van der Waals surface area contributed by atoms with Gasteiger partial charge < -0.3 is 0 Å². The molecule has 0 aromatic heterocycles. The van der Waals surface area contributed by atoms with Gasteiger partial charge in [-0.1, -0.05) is 12.1 Å². The van der Waals surface area contributed by atoms with Crippen LogP contribution >= 0.6 is 7.92 Å². The summed E-state index contributed by atoms with van der Waals surface area (Å²) in [6.45, 7) is 6.69. The molecule has 10 radical (unpaired) electrons. The Labute approximate surface area is 202 Å². The monoisotopic (exact) mass is 476 g/mol. The molecular weight excluding hydrogens is 446 g/mol. The zero-order valence-corrected chi connectivity index (χ0v) is 21.0.